The van der Waals surface area contributed by atoms with Crippen LogP contribution in [0.25, 0.3) is 0 Å². The van der Waals surface area contributed by atoms with Gasteiger partial charge in [0, 0.05) is 5.56 Å². The first-order chi connectivity index (χ1) is 14.2. The van der Waals surface area contributed by atoms with Crippen LogP contribution in [0.15, 0.2) is 115 Å². The number of carbonyl (C=O) groups is 1. The molecule has 4 aromatic carbocycles. The average Bonchev–Trinajstić information content (AvgIpc) is 2.79. The molecule has 0 heterocycles. The van der Waals surface area contributed by atoms with E-state index in [2.05, 4.69) is 72.8 Å². The van der Waals surface area contributed by atoms with Crippen LogP contribution in [-0.4, -0.2) is 5.97 Å². The van der Waals surface area contributed by atoms with Crippen LogP contribution in [0.4, 0.5) is 0 Å². The largest absolute Gasteiger partial charge is 0.545 e. The lowest BCUT2D eigenvalue weighted by Crippen LogP contribution is -2.33. The molecule has 0 bridgehead atoms. The minimum atomic E-state index is -2.13. The molecule has 0 aliphatic carbocycles. The highest BCUT2D eigenvalue weighted by molar-refractivity contribution is 8.93. The average molecular weight is 477 g/mol. The lowest BCUT2D eigenvalue weighted by atomic mass is 10.1. The summed E-state index contributed by atoms with van der Waals surface area (Å²) in [6, 6.07) is 38.6. The highest BCUT2D eigenvalue weighted by Crippen LogP contribution is 2.58. The maximum absolute atomic E-state index is 11.8. The molecule has 0 fully saturated rings. The van der Waals surface area contributed by atoms with E-state index in [9.17, 15) is 9.90 Å². The third kappa shape index (κ3) is 4.23. The van der Waals surface area contributed by atoms with E-state index in [1.54, 1.807) is 12.1 Å². The van der Waals surface area contributed by atoms with Gasteiger partial charge < -0.3 is 9.90 Å². The van der Waals surface area contributed by atoms with Crippen molar-refractivity contribution in [2.75, 3.05) is 0 Å². The van der Waals surface area contributed by atoms with Crippen molar-refractivity contribution in [1.82, 2.24) is 0 Å². The fourth-order valence-corrected chi connectivity index (χ4v) is 8.15. The molecule has 0 unspecified atom stereocenters. The number of aromatic carboxylic acids is 1. The molecule has 0 saturated carbocycles. The Morgan fingerprint density at radius 3 is 1.37 bits per heavy atom. The van der Waals surface area contributed by atoms with E-state index in [4.69, 9.17) is 0 Å². The molecule has 150 valence electrons. The fraction of sp³-hybridized carbons (Fsp3) is 0.0385. The zero-order valence-corrected chi connectivity index (χ0v) is 19.0. The molecule has 0 atom stereocenters. The SMILES string of the molecule is Br.O=C([O-])c1ccccc1C[P+](c1ccccc1)(c1ccccc1)c1ccccc1. The number of halogens is 1. The van der Waals surface area contributed by atoms with Gasteiger partial charge in [-0.3, -0.25) is 0 Å². The number of hydrogen-bond donors (Lipinski definition) is 0. The lowest BCUT2D eigenvalue weighted by Gasteiger charge is -2.28. The second kappa shape index (κ2) is 9.84. The predicted molar refractivity (Wildman–Crippen MR) is 130 cm³/mol. The Morgan fingerprint density at radius 1 is 0.600 bits per heavy atom. The third-order valence-electron chi connectivity index (χ3n) is 5.24. The topological polar surface area (TPSA) is 40.1 Å². The van der Waals surface area contributed by atoms with Gasteiger partial charge in [0.2, 0.25) is 0 Å². The molecule has 2 nitrogen and oxygen atoms in total. The van der Waals surface area contributed by atoms with Crippen LogP contribution in [0.5, 0.6) is 0 Å². The van der Waals surface area contributed by atoms with Crippen molar-refractivity contribution in [2.24, 2.45) is 0 Å². The van der Waals surface area contributed by atoms with E-state index >= 15 is 0 Å². The van der Waals surface area contributed by atoms with Crippen LogP contribution in [-0.2, 0) is 6.16 Å². The Morgan fingerprint density at radius 2 is 0.967 bits per heavy atom. The van der Waals surface area contributed by atoms with E-state index in [1.165, 1.54) is 15.9 Å². The summed E-state index contributed by atoms with van der Waals surface area (Å²) in [6.07, 6.45) is 0.620. The van der Waals surface area contributed by atoms with Gasteiger partial charge in [-0.1, -0.05) is 78.9 Å². The van der Waals surface area contributed by atoms with Crippen molar-refractivity contribution in [3.05, 3.63) is 126 Å². The van der Waals surface area contributed by atoms with Crippen LogP contribution in [0.1, 0.15) is 15.9 Å². The first-order valence-corrected chi connectivity index (χ1v) is 11.5. The Hall–Kier alpha value is -2.74. The van der Waals surface area contributed by atoms with Crippen molar-refractivity contribution < 1.29 is 9.90 Å². The number of carboxylic acid groups (broad SMARTS) is 1. The minimum Gasteiger partial charge on any atom is -0.545 e. The molecule has 0 saturated heterocycles. The van der Waals surface area contributed by atoms with E-state index in [0.717, 1.165) is 5.56 Å². The van der Waals surface area contributed by atoms with Gasteiger partial charge >= 0.3 is 0 Å². The quantitative estimate of drug-likeness (QED) is 0.392. The summed E-state index contributed by atoms with van der Waals surface area (Å²) in [5.41, 5.74) is 1.07. The molecule has 4 rings (SSSR count). The lowest BCUT2D eigenvalue weighted by molar-refractivity contribution is -0.255. The van der Waals surface area contributed by atoms with Crippen LogP contribution in [0.3, 0.4) is 0 Å². The number of benzene rings is 4. The summed E-state index contributed by atoms with van der Waals surface area (Å²) in [4.78, 5) is 11.8. The van der Waals surface area contributed by atoms with Crippen molar-refractivity contribution in [2.45, 2.75) is 6.16 Å². The van der Waals surface area contributed by atoms with Crippen LogP contribution < -0.4 is 21.0 Å². The zero-order chi connectivity index (χ0) is 20.1. The second-order valence-corrected chi connectivity index (χ2v) is 10.4. The molecule has 0 spiro atoms. The van der Waals surface area contributed by atoms with Gasteiger partial charge in [0.15, 0.2) is 0 Å². The Bertz CT molecular complexity index is 1000. The molecule has 0 aliphatic heterocycles. The number of carbonyl (C=O) groups excluding carboxylic acids is 1. The highest BCUT2D eigenvalue weighted by atomic mass is 79.9. The van der Waals surface area contributed by atoms with E-state index in [1.807, 2.05) is 30.3 Å². The second-order valence-electron chi connectivity index (χ2n) is 6.92. The number of hydrogen-bond acceptors (Lipinski definition) is 2. The van der Waals surface area contributed by atoms with Gasteiger partial charge in [-0.05, 0) is 42.0 Å². The Labute approximate surface area is 188 Å². The molecule has 4 aromatic rings. The summed E-state index contributed by atoms with van der Waals surface area (Å²) < 4.78 is 0. The van der Waals surface area contributed by atoms with E-state index in [0.29, 0.717) is 6.16 Å². The number of rotatable bonds is 6. The molecular weight excluding hydrogens is 455 g/mol. The van der Waals surface area contributed by atoms with Crippen molar-refractivity contribution in [1.29, 1.82) is 0 Å². The van der Waals surface area contributed by atoms with Crippen molar-refractivity contribution in [3.8, 4) is 0 Å². The fourth-order valence-electron chi connectivity index (χ4n) is 3.88. The molecule has 0 radical (unpaired) electrons. The maximum atomic E-state index is 11.8. The van der Waals surface area contributed by atoms with E-state index < -0.39 is 13.2 Å². The first kappa shape index (κ1) is 22.0. The van der Waals surface area contributed by atoms with Crippen LogP contribution in [0, 0.1) is 0 Å². The summed E-state index contributed by atoms with van der Waals surface area (Å²) in [7, 11) is -2.13. The molecular formula is C26H22BrO2P. The van der Waals surface area contributed by atoms with Crippen molar-refractivity contribution in [3.63, 3.8) is 0 Å². The van der Waals surface area contributed by atoms with Gasteiger partial charge in [0.05, 0.1) is 12.1 Å². The van der Waals surface area contributed by atoms with Crippen LogP contribution >= 0.6 is 24.2 Å². The normalized spacial score (nSPS) is 10.8. The maximum Gasteiger partial charge on any atom is 0.116 e. The molecule has 0 amide bonds. The summed E-state index contributed by atoms with van der Waals surface area (Å²) in [5, 5.41) is 15.5. The summed E-state index contributed by atoms with van der Waals surface area (Å²) in [6.45, 7) is 0. The molecule has 4 heteroatoms. The predicted octanol–water partition coefficient (Wildman–Crippen LogP) is 4.12. The third-order valence-corrected chi connectivity index (χ3v) is 9.59. The molecule has 30 heavy (non-hydrogen) atoms. The Kier molecular flexibility index (Phi) is 7.20. The molecule has 0 N–H and O–H groups in total. The van der Waals surface area contributed by atoms with Crippen molar-refractivity contribution >= 4 is 46.1 Å². The van der Waals surface area contributed by atoms with Crippen LogP contribution in [0.2, 0.25) is 0 Å². The monoisotopic (exact) mass is 476 g/mol. The Balaban J connectivity index is 0.00000256. The molecule has 0 aromatic heterocycles. The number of carboxylic acids is 1. The molecule has 0 aliphatic rings. The minimum absolute atomic E-state index is 0. The van der Waals surface area contributed by atoms with Gasteiger partial charge in [0.1, 0.15) is 23.2 Å². The van der Waals surface area contributed by atoms with Gasteiger partial charge in [-0.25, -0.2) is 0 Å². The summed E-state index contributed by atoms with van der Waals surface area (Å²) in [5.74, 6) is -1.13. The van der Waals surface area contributed by atoms with Gasteiger partial charge in [-0.15, -0.1) is 17.0 Å². The summed E-state index contributed by atoms with van der Waals surface area (Å²) >= 11 is 0. The highest BCUT2D eigenvalue weighted by Gasteiger charge is 2.45. The first-order valence-electron chi connectivity index (χ1n) is 9.56. The van der Waals surface area contributed by atoms with E-state index in [-0.39, 0.29) is 22.5 Å². The standard InChI is InChI=1S/C26H21O2P.BrH/c27-26(28)25-19-11-10-12-21(25)20-29(22-13-4-1-5-14-22,23-15-6-2-7-16-23)24-17-8-3-9-18-24;/h1-19H,20H2;1H. The zero-order valence-electron chi connectivity index (χ0n) is 16.3. The van der Waals surface area contributed by atoms with Gasteiger partial charge in [-0.2, -0.15) is 0 Å². The van der Waals surface area contributed by atoms with Gasteiger partial charge in [0.25, 0.3) is 0 Å². The smallest absolute Gasteiger partial charge is 0.116 e.